The number of halogens is 1. The van der Waals surface area contributed by atoms with E-state index in [4.69, 9.17) is 14.2 Å². The molecule has 3 aromatic rings. The lowest BCUT2D eigenvalue weighted by molar-refractivity contribution is -0.122. The van der Waals surface area contributed by atoms with Crippen LogP contribution in [-0.2, 0) is 16.1 Å². The van der Waals surface area contributed by atoms with Crippen molar-refractivity contribution in [1.82, 2.24) is 4.90 Å². The van der Waals surface area contributed by atoms with Gasteiger partial charge in [-0.05, 0) is 73.2 Å². The van der Waals surface area contributed by atoms with E-state index in [2.05, 4.69) is 0 Å². The van der Waals surface area contributed by atoms with E-state index in [0.717, 1.165) is 4.90 Å². The lowest BCUT2D eigenvalue weighted by Gasteiger charge is -2.28. The van der Waals surface area contributed by atoms with E-state index in [1.54, 1.807) is 42.5 Å². The zero-order chi connectivity index (χ0) is 25.2. The van der Waals surface area contributed by atoms with Gasteiger partial charge in [0.25, 0.3) is 11.8 Å². The molecule has 0 aliphatic carbocycles. The summed E-state index contributed by atoms with van der Waals surface area (Å²) < 4.78 is 29.7. The van der Waals surface area contributed by atoms with E-state index in [0.29, 0.717) is 35.1 Å². The Bertz CT molecular complexity index is 1310. The van der Waals surface area contributed by atoms with Crippen LogP contribution >= 0.6 is 0 Å². The quantitative estimate of drug-likeness (QED) is 0.467. The van der Waals surface area contributed by atoms with Gasteiger partial charge in [0.1, 0.15) is 17.6 Å². The number of rotatable bonds is 7. The van der Waals surface area contributed by atoms with E-state index < -0.39 is 29.6 Å². The minimum absolute atomic E-state index is 0.0354. The Hall–Kier alpha value is -4.40. The van der Waals surface area contributed by atoms with Crippen LogP contribution in [0.15, 0.2) is 66.7 Å². The smallest absolute Gasteiger partial charge is 0.257 e. The molecule has 184 valence electrons. The van der Waals surface area contributed by atoms with Gasteiger partial charge in [0.2, 0.25) is 12.7 Å². The Labute approximate surface area is 206 Å². The van der Waals surface area contributed by atoms with Gasteiger partial charge in [-0.1, -0.05) is 6.07 Å². The molecule has 3 amide bonds. The van der Waals surface area contributed by atoms with Gasteiger partial charge in [-0.15, -0.1) is 0 Å². The molecule has 0 radical (unpaired) electrons. The van der Waals surface area contributed by atoms with Gasteiger partial charge in [-0.2, -0.15) is 0 Å². The number of hydrogen-bond acceptors (Lipinski definition) is 6. The van der Waals surface area contributed by atoms with E-state index in [1.807, 2.05) is 6.92 Å². The molecular weight excluding hydrogens is 467 g/mol. The van der Waals surface area contributed by atoms with E-state index in [-0.39, 0.29) is 25.3 Å². The fourth-order valence-electron chi connectivity index (χ4n) is 4.31. The van der Waals surface area contributed by atoms with Crippen molar-refractivity contribution >= 4 is 23.4 Å². The molecule has 0 spiro atoms. The zero-order valence-electron chi connectivity index (χ0n) is 19.5. The Balaban J connectivity index is 1.46. The fraction of sp³-hybridized carbons (Fsp3) is 0.222. The summed E-state index contributed by atoms with van der Waals surface area (Å²) in [4.78, 5) is 42.5. The first-order valence-corrected chi connectivity index (χ1v) is 11.5. The van der Waals surface area contributed by atoms with E-state index in [1.165, 1.54) is 29.2 Å². The summed E-state index contributed by atoms with van der Waals surface area (Å²) in [7, 11) is 0. The molecule has 1 saturated heterocycles. The number of ether oxygens (including phenoxy) is 3. The molecule has 3 aromatic carbocycles. The molecule has 0 bridgehead atoms. The van der Waals surface area contributed by atoms with Crippen LogP contribution in [0.25, 0.3) is 0 Å². The molecule has 36 heavy (non-hydrogen) atoms. The summed E-state index contributed by atoms with van der Waals surface area (Å²) in [6, 6.07) is 15.9. The second-order valence-corrected chi connectivity index (χ2v) is 8.34. The third-order valence-corrected chi connectivity index (χ3v) is 6.05. The van der Waals surface area contributed by atoms with E-state index in [9.17, 15) is 18.8 Å². The van der Waals surface area contributed by atoms with Gasteiger partial charge in [0.05, 0.1) is 18.7 Å². The topological polar surface area (TPSA) is 85.4 Å². The van der Waals surface area contributed by atoms with Gasteiger partial charge in [0, 0.05) is 12.1 Å². The maximum absolute atomic E-state index is 13.5. The van der Waals surface area contributed by atoms with Crippen LogP contribution in [0.2, 0.25) is 0 Å². The van der Waals surface area contributed by atoms with Crippen molar-refractivity contribution in [2.75, 3.05) is 18.3 Å². The van der Waals surface area contributed by atoms with Crippen LogP contribution < -0.4 is 19.1 Å². The van der Waals surface area contributed by atoms with Crippen molar-refractivity contribution in [3.05, 3.63) is 83.7 Å². The number of anilines is 1. The summed E-state index contributed by atoms with van der Waals surface area (Å²) in [6.45, 7) is 2.49. The largest absolute Gasteiger partial charge is 0.494 e. The van der Waals surface area contributed by atoms with Gasteiger partial charge < -0.3 is 19.1 Å². The van der Waals surface area contributed by atoms with Gasteiger partial charge in [0.15, 0.2) is 11.5 Å². The average molecular weight is 490 g/mol. The standard InChI is InChI=1S/C27H23FN2O6/c1-2-34-21-10-8-20(9-11-21)30-25(31)14-22(27(30)33)29(26(32)18-4-6-19(28)7-5-18)15-17-3-12-23-24(13-17)36-16-35-23/h3-13,22H,2,14-16H2,1H3. The second-order valence-electron chi connectivity index (χ2n) is 8.34. The second kappa shape index (κ2) is 9.69. The summed E-state index contributed by atoms with van der Waals surface area (Å²) in [6.07, 6.45) is -0.177. The maximum Gasteiger partial charge on any atom is 0.257 e. The summed E-state index contributed by atoms with van der Waals surface area (Å²) in [5, 5.41) is 0. The van der Waals surface area contributed by atoms with E-state index >= 15 is 0 Å². The van der Waals surface area contributed by atoms with Crippen molar-refractivity contribution in [3.8, 4) is 17.2 Å². The normalized spacial score (nSPS) is 16.4. The SMILES string of the molecule is CCOc1ccc(N2C(=O)CC(N(Cc3ccc4c(c3)OCO4)C(=O)c3ccc(F)cc3)C2=O)cc1. The maximum atomic E-state index is 13.5. The highest BCUT2D eigenvalue weighted by Crippen LogP contribution is 2.34. The van der Waals surface area contributed by atoms with Crippen LogP contribution in [-0.4, -0.2) is 42.1 Å². The molecule has 0 saturated carbocycles. The number of amides is 3. The summed E-state index contributed by atoms with van der Waals surface area (Å²) in [5.74, 6) is -0.171. The van der Waals surface area contributed by atoms with Gasteiger partial charge >= 0.3 is 0 Å². The molecule has 5 rings (SSSR count). The molecule has 0 aromatic heterocycles. The van der Waals surface area contributed by atoms with Crippen molar-refractivity contribution < 1.29 is 33.0 Å². The predicted molar refractivity (Wildman–Crippen MR) is 127 cm³/mol. The fourth-order valence-corrected chi connectivity index (χ4v) is 4.31. The Kier molecular flexibility index (Phi) is 6.28. The third-order valence-electron chi connectivity index (χ3n) is 6.05. The number of carbonyl (C=O) groups excluding carboxylic acids is 3. The molecular formula is C27H23FN2O6. The lowest BCUT2D eigenvalue weighted by Crippen LogP contribution is -2.45. The first-order valence-electron chi connectivity index (χ1n) is 11.5. The monoisotopic (exact) mass is 490 g/mol. The minimum atomic E-state index is -1.04. The molecule has 2 aliphatic rings. The molecule has 9 heteroatoms. The molecule has 8 nitrogen and oxygen atoms in total. The molecule has 2 heterocycles. The highest BCUT2D eigenvalue weighted by atomic mass is 19.1. The molecule has 0 N–H and O–H groups in total. The van der Waals surface area contributed by atoms with Crippen molar-refractivity contribution in [1.29, 1.82) is 0 Å². The van der Waals surface area contributed by atoms with Crippen LogP contribution in [0.4, 0.5) is 10.1 Å². The number of nitrogens with zero attached hydrogens (tertiary/aromatic N) is 2. The summed E-state index contributed by atoms with van der Waals surface area (Å²) in [5.41, 5.74) is 1.29. The van der Waals surface area contributed by atoms with Crippen molar-refractivity contribution in [2.45, 2.75) is 25.9 Å². The first kappa shape index (κ1) is 23.3. The average Bonchev–Trinajstić information content (AvgIpc) is 3.46. The number of carbonyl (C=O) groups is 3. The molecule has 2 aliphatic heterocycles. The van der Waals surface area contributed by atoms with Gasteiger partial charge in [-0.25, -0.2) is 9.29 Å². The van der Waals surface area contributed by atoms with Gasteiger partial charge in [-0.3, -0.25) is 14.4 Å². The minimum Gasteiger partial charge on any atom is -0.494 e. The number of fused-ring (bicyclic) bond motifs is 1. The number of hydrogen-bond donors (Lipinski definition) is 0. The van der Waals surface area contributed by atoms with Crippen molar-refractivity contribution in [2.24, 2.45) is 0 Å². The van der Waals surface area contributed by atoms with Crippen LogP contribution in [0.3, 0.4) is 0 Å². The van der Waals surface area contributed by atoms with Crippen LogP contribution in [0, 0.1) is 5.82 Å². The molecule has 1 atom stereocenters. The van der Waals surface area contributed by atoms with Crippen molar-refractivity contribution in [3.63, 3.8) is 0 Å². The van der Waals surface area contributed by atoms with Crippen LogP contribution in [0.5, 0.6) is 17.2 Å². The number of benzene rings is 3. The Morgan fingerprint density at radius 1 is 1.03 bits per heavy atom. The highest BCUT2D eigenvalue weighted by molar-refractivity contribution is 6.23. The molecule has 1 unspecified atom stereocenters. The highest BCUT2D eigenvalue weighted by Gasteiger charge is 2.44. The van der Waals surface area contributed by atoms with Crippen LogP contribution in [0.1, 0.15) is 29.3 Å². The third kappa shape index (κ3) is 4.47. The molecule has 1 fully saturated rings. The predicted octanol–water partition coefficient (Wildman–Crippen LogP) is 3.93. The zero-order valence-corrected chi connectivity index (χ0v) is 19.5. The summed E-state index contributed by atoms with van der Waals surface area (Å²) >= 11 is 0. The number of imide groups is 1. The lowest BCUT2D eigenvalue weighted by atomic mass is 10.1. The Morgan fingerprint density at radius 2 is 1.75 bits per heavy atom. The first-order chi connectivity index (χ1) is 17.4. The Morgan fingerprint density at radius 3 is 2.47 bits per heavy atom.